The smallest absolute Gasteiger partial charge is 0.0547 e. The maximum atomic E-state index is 4.21. The summed E-state index contributed by atoms with van der Waals surface area (Å²) in [6.45, 7) is 0. The van der Waals surface area contributed by atoms with E-state index in [9.17, 15) is 0 Å². The summed E-state index contributed by atoms with van der Waals surface area (Å²) in [4.78, 5) is 4.21. The van der Waals surface area contributed by atoms with Gasteiger partial charge in [0.2, 0.25) is 0 Å². The molecule has 0 aliphatic rings. The largest absolute Gasteiger partial charge is 0.309 e. The maximum Gasteiger partial charge on any atom is 0.0547 e. The Bertz CT molecular complexity index is 2430. The lowest BCUT2D eigenvalue weighted by molar-refractivity contribution is 1.18. The van der Waals surface area contributed by atoms with Crippen LogP contribution in [0.5, 0.6) is 0 Å². The van der Waals surface area contributed by atoms with Crippen molar-refractivity contribution in [1.29, 1.82) is 0 Å². The van der Waals surface area contributed by atoms with Crippen molar-refractivity contribution in [3.63, 3.8) is 0 Å². The van der Waals surface area contributed by atoms with E-state index in [-0.39, 0.29) is 0 Å². The van der Waals surface area contributed by atoms with Crippen LogP contribution in [0.25, 0.3) is 76.7 Å². The number of para-hydroxylation sites is 3. The summed E-state index contributed by atoms with van der Waals surface area (Å²) < 4.78 is 4.85. The summed E-state index contributed by atoms with van der Waals surface area (Å²) in [6.07, 6.45) is 3.71. The molecule has 0 N–H and O–H groups in total. The van der Waals surface area contributed by atoms with E-state index >= 15 is 0 Å². The van der Waals surface area contributed by atoms with Gasteiger partial charge in [0.1, 0.15) is 0 Å². The second-order valence-corrected chi connectivity index (χ2v) is 10.5. The van der Waals surface area contributed by atoms with E-state index in [1.807, 2.05) is 12.4 Å². The first-order valence-electron chi connectivity index (χ1n) is 13.6. The lowest BCUT2D eigenvalue weighted by Gasteiger charge is -2.13. The fraction of sp³-hybridized carbons (Fsp3) is 0. The van der Waals surface area contributed by atoms with Crippen LogP contribution in [0.2, 0.25) is 0 Å². The summed E-state index contributed by atoms with van der Waals surface area (Å²) in [6, 6.07) is 46.4. The Morgan fingerprint density at radius 2 is 1.10 bits per heavy atom. The minimum Gasteiger partial charge on any atom is -0.309 e. The fourth-order valence-electron chi connectivity index (χ4n) is 6.61. The number of fused-ring (bicyclic) bond motifs is 11. The van der Waals surface area contributed by atoms with Crippen molar-refractivity contribution in [3.8, 4) is 16.8 Å². The van der Waals surface area contributed by atoms with Gasteiger partial charge in [-0.15, -0.1) is 0 Å². The van der Waals surface area contributed by atoms with Crippen molar-refractivity contribution in [2.45, 2.75) is 0 Å². The van der Waals surface area contributed by atoms with Gasteiger partial charge in [0.25, 0.3) is 0 Å². The van der Waals surface area contributed by atoms with Crippen LogP contribution in [-0.2, 0) is 0 Å². The third kappa shape index (κ3) is 2.92. The number of benzene rings is 5. The maximum absolute atomic E-state index is 4.21. The van der Waals surface area contributed by atoms with Crippen molar-refractivity contribution in [1.82, 2.24) is 14.0 Å². The fourth-order valence-corrected chi connectivity index (χ4v) is 6.61. The number of nitrogens with zero attached hydrogens (tertiary/aromatic N) is 3. The van der Waals surface area contributed by atoms with Gasteiger partial charge in [-0.3, -0.25) is 4.98 Å². The highest BCUT2D eigenvalue weighted by molar-refractivity contribution is 6.22. The first-order valence-corrected chi connectivity index (χ1v) is 13.6. The zero-order chi connectivity index (χ0) is 26.2. The highest BCUT2D eigenvalue weighted by atomic mass is 15.0. The van der Waals surface area contributed by atoms with Gasteiger partial charge in [0, 0.05) is 45.0 Å². The Balaban J connectivity index is 1.45. The number of pyridine rings is 2. The lowest BCUT2D eigenvalue weighted by Crippen LogP contribution is -1.95. The van der Waals surface area contributed by atoms with E-state index in [1.165, 1.54) is 65.5 Å². The molecule has 0 fully saturated rings. The molecule has 4 heterocycles. The van der Waals surface area contributed by atoms with Crippen LogP contribution in [0.4, 0.5) is 0 Å². The highest BCUT2D eigenvalue weighted by Gasteiger charge is 2.17. The molecule has 0 amide bonds. The van der Waals surface area contributed by atoms with Crippen molar-refractivity contribution < 1.29 is 0 Å². The number of hydrogen-bond acceptors (Lipinski definition) is 1. The second kappa shape index (κ2) is 8.05. The lowest BCUT2D eigenvalue weighted by atomic mass is 10.0. The average molecular weight is 510 g/mol. The summed E-state index contributed by atoms with van der Waals surface area (Å²) >= 11 is 0. The molecule has 0 unspecified atom stereocenters. The van der Waals surface area contributed by atoms with Gasteiger partial charge in [0.05, 0.1) is 27.6 Å². The standard InChI is InChI=1S/C37H23N3/c1-4-13-33-26(8-1)21-36-32-22-31-29-12-3-5-14-34(29)39(27-10-7-9-25(20-27)24-16-18-38-19-17-24)37(31)23-30(32)28-11-2-6-15-35(28)40(33)36/h1-23H. The Hall–Kier alpha value is -5.41. The number of aromatic nitrogens is 3. The minimum absolute atomic E-state index is 1.15. The van der Waals surface area contributed by atoms with Crippen molar-refractivity contribution >= 4 is 59.9 Å². The molecule has 0 radical (unpaired) electrons. The normalized spacial score (nSPS) is 12.0. The molecule has 4 aromatic heterocycles. The quantitative estimate of drug-likeness (QED) is 0.213. The first-order chi connectivity index (χ1) is 19.8. The van der Waals surface area contributed by atoms with E-state index in [2.05, 4.69) is 141 Å². The van der Waals surface area contributed by atoms with Crippen LogP contribution >= 0.6 is 0 Å². The van der Waals surface area contributed by atoms with Crippen LogP contribution < -0.4 is 0 Å². The van der Waals surface area contributed by atoms with Crippen LogP contribution in [0.1, 0.15) is 0 Å². The molecule has 5 aromatic carbocycles. The molecule has 40 heavy (non-hydrogen) atoms. The monoisotopic (exact) mass is 509 g/mol. The predicted octanol–water partition coefficient (Wildman–Crippen LogP) is 9.56. The van der Waals surface area contributed by atoms with E-state index < -0.39 is 0 Å². The Kier molecular flexibility index (Phi) is 4.33. The van der Waals surface area contributed by atoms with Gasteiger partial charge >= 0.3 is 0 Å². The molecule has 0 saturated heterocycles. The second-order valence-electron chi connectivity index (χ2n) is 10.5. The van der Waals surface area contributed by atoms with Crippen LogP contribution in [0.3, 0.4) is 0 Å². The molecule has 3 heteroatoms. The zero-order valence-electron chi connectivity index (χ0n) is 21.6. The molecule has 9 aromatic rings. The molecule has 0 spiro atoms. The summed E-state index contributed by atoms with van der Waals surface area (Å²) in [5.74, 6) is 0. The Labute approximate surface area is 230 Å². The first kappa shape index (κ1) is 21.5. The molecule has 3 nitrogen and oxygen atoms in total. The molecular weight excluding hydrogens is 486 g/mol. The van der Waals surface area contributed by atoms with E-state index in [4.69, 9.17) is 0 Å². The van der Waals surface area contributed by atoms with Gasteiger partial charge in [0.15, 0.2) is 0 Å². The topological polar surface area (TPSA) is 22.2 Å². The minimum atomic E-state index is 1.15. The summed E-state index contributed by atoms with van der Waals surface area (Å²) in [5.41, 5.74) is 9.63. The molecule has 9 rings (SSSR count). The number of hydrogen-bond donors (Lipinski definition) is 0. The average Bonchev–Trinajstić information content (AvgIpc) is 3.57. The number of rotatable bonds is 2. The highest BCUT2D eigenvalue weighted by Crippen LogP contribution is 2.40. The molecule has 0 aliphatic carbocycles. The van der Waals surface area contributed by atoms with E-state index in [0.717, 1.165) is 11.3 Å². The Morgan fingerprint density at radius 1 is 0.400 bits per heavy atom. The molecule has 0 saturated carbocycles. The Morgan fingerprint density at radius 3 is 1.95 bits per heavy atom. The predicted molar refractivity (Wildman–Crippen MR) is 167 cm³/mol. The molecule has 186 valence electrons. The van der Waals surface area contributed by atoms with Crippen molar-refractivity contribution in [3.05, 3.63) is 140 Å². The van der Waals surface area contributed by atoms with Crippen molar-refractivity contribution in [2.75, 3.05) is 0 Å². The summed E-state index contributed by atoms with van der Waals surface area (Å²) in [7, 11) is 0. The van der Waals surface area contributed by atoms with Gasteiger partial charge in [-0.05, 0) is 77.2 Å². The van der Waals surface area contributed by atoms with Gasteiger partial charge in [-0.2, -0.15) is 0 Å². The van der Waals surface area contributed by atoms with Gasteiger partial charge < -0.3 is 8.97 Å². The van der Waals surface area contributed by atoms with E-state index in [0.29, 0.717) is 0 Å². The SMILES string of the molecule is c1cc(-c2ccncc2)cc(-n2c3ccccc3c3cc4c(cc32)c2ccccc2n2c3ccccc3cc42)c1. The van der Waals surface area contributed by atoms with Gasteiger partial charge in [-0.25, -0.2) is 0 Å². The molecule has 0 aliphatic heterocycles. The molecule has 0 atom stereocenters. The van der Waals surface area contributed by atoms with E-state index in [1.54, 1.807) is 0 Å². The third-order valence-corrected chi connectivity index (χ3v) is 8.35. The van der Waals surface area contributed by atoms with Crippen LogP contribution in [0.15, 0.2) is 140 Å². The molecular formula is C37H23N3. The third-order valence-electron chi connectivity index (χ3n) is 8.35. The van der Waals surface area contributed by atoms with Gasteiger partial charge in [-0.1, -0.05) is 66.7 Å². The van der Waals surface area contributed by atoms with Crippen LogP contribution in [0, 0.1) is 0 Å². The van der Waals surface area contributed by atoms with Crippen molar-refractivity contribution in [2.24, 2.45) is 0 Å². The zero-order valence-corrected chi connectivity index (χ0v) is 21.6. The molecule has 0 bridgehead atoms. The van der Waals surface area contributed by atoms with Crippen LogP contribution in [-0.4, -0.2) is 14.0 Å². The summed E-state index contributed by atoms with van der Waals surface area (Å²) in [5, 5.41) is 7.59.